The minimum atomic E-state index is -0.660. The Hall–Kier alpha value is -2.30. The number of anilines is 1. The van der Waals surface area contributed by atoms with Crippen molar-refractivity contribution in [2.45, 2.75) is 6.92 Å². The average molecular weight is 348 g/mol. The molecule has 0 spiro atoms. The number of carbonyl (C=O) groups is 2. The van der Waals surface area contributed by atoms with Crippen LogP contribution >= 0.6 is 23.2 Å². The molecule has 0 saturated carbocycles. The van der Waals surface area contributed by atoms with E-state index in [0.29, 0.717) is 5.75 Å². The third kappa shape index (κ3) is 2.83. The zero-order valence-corrected chi connectivity index (χ0v) is 13.6. The number of rotatable bonds is 3. The number of nitrogens with zero attached hydrogens (tertiary/aromatic N) is 1. The molecule has 0 saturated heterocycles. The first-order valence-corrected chi connectivity index (χ1v) is 7.52. The summed E-state index contributed by atoms with van der Waals surface area (Å²) in [6.45, 7) is 1.89. The number of hydrogen-bond acceptors (Lipinski definition) is 3. The van der Waals surface area contributed by atoms with Crippen molar-refractivity contribution in [1.82, 2.24) is 0 Å². The fourth-order valence-corrected chi connectivity index (χ4v) is 2.64. The average Bonchev–Trinajstić information content (AvgIpc) is 2.72. The number of hydrogen-bond donors (Lipinski definition) is 0. The van der Waals surface area contributed by atoms with Gasteiger partial charge in [-0.3, -0.25) is 9.59 Å². The molecule has 0 fully saturated rings. The van der Waals surface area contributed by atoms with Crippen LogP contribution < -0.4 is 9.64 Å². The van der Waals surface area contributed by atoms with Crippen molar-refractivity contribution in [3.05, 3.63) is 69.9 Å². The van der Waals surface area contributed by atoms with Gasteiger partial charge in [0, 0.05) is 0 Å². The molecule has 6 heteroatoms. The first-order chi connectivity index (χ1) is 11.0. The zero-order valence-electron chi connectivity index (χ0n) is 12.0. The van der Waals surface area contributed by atoms with Gasteiger partial charge in [-0.2, -0.15) is 0 Å². The van der Waals surface area contributed by atoms with Gasteiger partial charge in [0.15, 0.2) is 5.03 Å². The maximum Gasteiger partial charge on any atom is 0.302 e. The summed E-state index contributed by atoms with van der Waals surface area (Å²) >= 11 is 12.1. The highest BCUT2D eigenvalue weighted by molar-refractivity contribution is 6.53. The molecule has 1 heterocycles. The predicted molar refractivity (Wildman–Crippen MR) is 88.6 cm³/mol. The number of benzene rings is 2. The quantitative estimate of drug-likeness (QED) is 0.786. The number of ether oxygens (including phenoxy) is 1. The van der Waals surface area contributed by atoms with E-state index < -0.39 is 11.8 Å². The smallest absolute Gasteiger partial charge is 0.302 e. The molecule has 0 unspecified atom stereocenters. The van der Waals surface area contributed by atoms with Gasteiger partial charge >= 0.3 is 5.91 Å². The normalized spacial score (nSPS) is 14.7. The van der Waals surface area contributed by atoms with Crippen LogP contribution in [-0.4, -0.2) is 11.8 Å². The Kier molecular flexibility index (Phi) is 4.11. The van der Waals surface area contributed by atoms with Gasteiger partial charge in [0.25, 0.3) is 5.91 Å². The van der Waals surface area contributed by atoms with Gasteiger partial charge in [-0.25, -0.2) is 4.90 Å². The van der Waals surface area contributed by atoms with E-state index >= 15 is 0 Å². The Morgan fingerprint density at radius 2 is 1.70 bits per heavy atom. The molecule has 4 nitrogen and oxygen atoms in total. The summed E-state index contributed by atoms with van der Waals surface area (Å²) in [5.41, 5.74) is 1.23. The van der Waals surface area contributed by atoms with Crippen LogP contribution in [-0.2, 0) is 9.59 Å². The van der Waals surface area contributed by atoms with Gasteiger partial charge in [-0.05, 0) is 36.8 Å². The SMILES string of the molecule is Cc1cccc(OC2=C(Cl)C(=O)N(c3ccccc3Cl)C2=O)c1. The lowest BCUT2D eigenvalue weighted by molar-refractivity contribution is -0.121. The third-order valence-corrected chi connectivity index (χ3v) is 3.94. The molecule has 2 aromatic rings. The van der Waals surface area contributed by atoms with E-state index in [9.17, 15) is 9.59 Å². The molecule has 0 radical (unpaired) electrons. The number of aryl methyl sites for hydroxylation is 1. The van der Waals surface area contributed by atoms with Crippen LogP contribution in [0, 0.1) is 6.92 Å². The standard InChI is InChI=1S/C17H11Cl2NO3/c1-10-5-4-6-11(9-10)23-15-14(19)16(21)20(17(15)22)13-8-3-2-7-12(13)18/h2-9H,1H3. The molecule has 0 N–H and O–H groups in total. The van der Waals surface area contributed by atoms with E-state index in [1.807, 2.05) is 13.0 Å². The Morgan fingerprint density at radius 1 is 0.957 bits per heavy atom. The van der Waals surface area contributed by atoms with Gasteiger partial charge in [0.05, 0.1) is 10.7 Å². The summed E-state index contributed by atoms with van der Waals surface area (Å²) in [7, 11) is 0. The molecule has 2 aromatic carbocycles. The number of halogens is 2. The number of para-hydroxylation sites is 1. The Bertz CT molecular complexity index is 845. The second-order valence-electron chi connectivity index (χ2n) is 4.96. The molecule has 1 aliphatic rings. The fourth-order valence-electron chi connectivity index (χ4n) is 2.22. The van der Waals surface area contributed by atoms with Crippen LogP contribution in [0.3, 0.4) is 0 Å². The first kappa shape index (κ1) is 15.6. The molecule has 0 atom stereocenters. The maximum atomic E-state index is 12.5. The van der Waals surface area contributed by atoms with Crippen molar-refractivity contribution in [3.8, 4) is 5.75 Å². The zero-order chi connectivity index (χ0) is 16.6. The lowest BCUT2D eigenvalue weighted by Gasteiger charge is -2.15. The molecule has 2 amide bonds. The van der Waals surface area contributed by atoms with Gasteiger partial charge in [-0.15, -0.1) is 0 Å². The van der Waals surface area contributed by atoms with Crippen LogP contribution in [0.15, 0.2) is 59.3 Å². The van der Waals surface area contributed by atoms with Gasteiger partial charge in [0.2, 0.25) is 5.76 Å². The molecule has 0 aromatic heterocycles. The van der Waals surface area contributed by atoms with Crippen LogP contribution in [0.2, 0.25) is 5.02 Å². The van der Waals surface area contributed by atoms with E-state index in [0.717, 1.165) is 10.5 Å². The first-order valence-electron chi connectivity index (χ1n) is 6.76. The van der Waals surface area contributed by atoms with Gasteiger partial charge < -0.3 is 4.74 Å². The van der Waals surface area contributed by atoms with Crippen LogP contribution in [0.25, 0.3) is 0 Å². The monoisotopic (exact) mass is 347 g/mol. The van der Waals surface area contributed by atoms with E-state index in [1.165, 1.54) is 0 Å². The van der Waals surface area contributed by atoms with E-state index in [2.05, 4.69) is 0 Å². The van der Waals surface area contributed by atoms with Crippen molar-refractivity contribution in [1.29, 1.82) is 0 Å². The highest BCUT2D eigenvalue weighted by Crippen LogP contribution is 2.34. The van der Waals surface area contributed by atoms with Crippen LogP contribution in [0.4, 0.5) is 5.69 Å². The molecule has 3 rings (SSSR count). The predicted octanol–water partition coefficient (Wildman–Crippen LogP) is 4.05. The fraction of sp³-hybridized carbons (Fsp3) is 0.0588. The van der Waals surface area contributed by atoms with E-state index in [-0.39, 0.29) is 21.5 Å². The molecule has 0 aliphatic carbocycles. The van der Waals surface area contributed by atoms with Crippen molar-refractivity contribution in [2.24, 2.45) is 0 Å². The molecule has 116 valence electrons. The Balaban J connectivity index is 1.95. The minimum absolute atomic E-state index is 0.206. The largest absolute Gasteiger partial charge is 0.450 e. The highest BCUT2D eigenvalue weighted by Gasteiger charge is 2.41. The van der Waals surface area contributed by atoms with Crippen molar-refractivity contribution in [2.75, 3.05) is 4.90 Å². The summed E-state index contributed by atoms with van der Waals surface area (Å²) in [5.74, 6) is -1.08. The second kappa shape index (κ2) is 6.07. The summed E-state index contributed by atoms with van der Waals surface area (Å²) in [6, 6.07) is 13.6. The molecular formula is C17H11Cl2NO3. The molecular weight excluding hydrogens is 337 g/mol. The summed E-state index contributed by atoms with van der Waals surface area (Å²) < 4.78 is 5.54. The summed E-state index contributed by atoms with van der Waals surface area (Å²) in [5, 5.41) is 0.00639. The number of amides is 2. The van der Waals surface area contributed by atoms with Crippen LogP contribution in [0.1, 0.15) is 5.56 Å². The molecule has 1 aliphatic heterocycles. The summed E-state index contributed by atoms with van der Waals surface area (Å²) in [6.07, 6.45) is 0. The lowest BCUT2D eigenvalue weighted by Crippen LogP contribution is -2.32. The van der Waals surface area contributed by atoms with Crippen molar-refractivity contribution < 1.29 is 14.3 Å². The molecule has 23 heavy (non-hydrogen) atoms. The van der Waals surface area contributed by atoms with Crippen LogP contribution in [0.5, 0.6) is 5.75 Å². The summed E-state index contributed by atoms with van der Waals surface area (Å²) in [4.78, 5) is 25.8. The molecule has 0 bridgehead atoms. The highest BCUT2D eigenvalue weighted by atomic mass is 35.5. The maximum absolute atomic E-state index is 12.5. The van der Waals surface area contributed by atoms with Crippen molar-refractivity contribution >= 4 is 40.7 Å². The van der Waals surface area contributed by atoms with E-state index in [1.54, 1.807) is 42.5 Å². The second-order valence-corrected chi connectivity index (χ2v) is 5.74. The third-order valence-electron chi connectivity index (χ3n) is 3.29. The van der Waals surface area contributed by atoms with E-state index in [4.69, 9.17) is 27.9 Å². The van der Waals surface area contributed by atoms with Gasteiger partial charge in [-0.1, -0.05) is 47.5 Å². The Morgan fingerprint density at radius 3 is 2.39 bits per heavy atom. The number of imide groups is 1. The Labute approximate surface area is 142 Å². The lowest BCUT2D eigenvalue weighted by atomic mass is 10.2. The van der Waals surface area contributed by atoms with Gasteiger partial charge in [0.1, 0.15) is 5.75 Å². The van der Waals surface area contributed by atoms with Crippen molar-refractivity contribution in [3.63, 3.8) is 0 Å². The number of carbonyl (C=O) groups excluding carboxylic acids is 2. The minimum Gasteiger partial charge on any atom is -0.450 e. The topological polar surface area (TPSA) is 46.6 Å².